The molecule has 0 aromatic carbocycles. The van der Waals surface area contributed by atoms with Crippen molar-refractivity contribution in [2.45, 2.75) is 19.8 Å². The minimum absolute atomic E-state index is 0.0121. The van der Waals surface area contributed by atoms with Crippen molar-refractivity contribution in [3.63, 3.8) is 0 Å². The van der Waals surface area contributed by atoms with Crippen LogP contribution in [0, 0.1) is 0 Å². The second-order valence-corrected chi connectivity index (χ2v) is 4.49. The molecule has 0 aliphatic carbocycles. The average Bonchev–Trinajstić information content (AvgIpc) is 2.78. The molecular weight excluding hydrogens is 214 g/mol. The van der Waals surface area contributed by atoms with Crippen molar-refractivity contribution < 1.29 is 4.42 Å². The highest BCUT2D eigenvalue weighted by atomic mass is 16.3. The van der Waals surface area contributed by atoms with E-state index in [-0.39, 0.29) is 11.5 Å². The Balaban J connectivity index is 2.66. The third-order valence-electron chi connectivity index (χ3n) is 3.07. The van der Waals surface area contributed by atoms with E-state index in [1.807, 2.05) is 38.1 Å². The van der Waals surface area contributed by atoms with Crippen LogP contribution in [0.15, 0.2) is 45.9 Å². The maximum absolute atomic E-state index is 12.4. The van der Waals surface area contributed by atoms with Gasteiger partial charge in [0.2, 0.25) is 0 Å². The SMILES string of the molecule is CC(C)c1c(=O)n2ccccc2c2ccoc12. The van der Waals surface area contributed by atoms with Crippen LogP contribution < -0.4 is 5.56 Å². The molecule has 3 aromatic rings. The first kappa shape index (κ1) is 10.1. The molecule has 3 aromatic heterocycles. The number of hydrogen-bond acceptors (Lipinski definition) is 2. The van der Waals surface area contributed by atoms with E-state index in [2.05, 4.69) is 0 Å². The van der Waals surface area contributed by atoms with Gasteiger partial charge in [0.1, 0.15) is 5.58 Å². The van der Waals surface area contributed by atoms with Crippen LogP contribution in [0.25, 0.3) is 16.5 Å². The molecule has 0 amide bonds. The zero-order valence-corrected chi connectivity index (χ0v) is 9.81. The molecular formula is C14H13NO2. The molecule has 0 bridgehead atoms. The van der Waals surface area contributed by atoms with Gasteiger partial charge in [-0.05, 0) is 24.1 Å². The molecule has 0 saturated carbocycles. The summed E-state index contributed by atoms with van der Waals surface area (Å²) in [5, 5.41) is 0.994. The maximum atomic E-state index is 12.4. The van der Waals surface area contributed by atoms with Gasteiger partial charge in [-0.2, -0.15) is 0 Å². The number of furan rings is 1. The summed E-state index contributed by atoms with van der Waals surface area (Å²) in [5.74, 6) is 0.147. The molecule has 0 aliphatic heterocycles. The lowest BCUT2D eigenvalue weighted by atomic mass is 10.0. The highest BCUT2D eigenvalue weighted by Crippen LogP contribution is 2.26. The Bertz CT molecular complexity index is 750. The first-order chi connectivity index (χ1) is 8.20. The monoisotopic (exact) mass is 227 g/mol. The molecule has 0 spiro atoms. The van der Waals surface area contributed by atoms with E-state index in [4.69, 9.17) is 4.42 Å². The summed E-state index contributed by atoms with van der Waals surface area (Å²) >= 11 is 0. The molecule has 3 heteroatoms. The molecule has 0 unspecified atom stereocenters. The van der Waals surface area contributed by atoms with E-state index in [1.165, 1.54) is 0 Å². The van der Waals surface area contributed by atoms with Gasteiger partial charge >= 0.3 is 0 Å². The number of fused-ring (bicyclic) bond motifs is 3. The number of nitrogens with zero attached hydrogens (tertiary/aromatic N) is 1. The molecule has 0 N–H and O–H groups in total. The molecule has 86 valence electrons. The van der Waals surface area contributed by atoms with Crippen molar-refractivity contribution in [3.8, 4) is 0 Å². The molecule has 0 atom stereocenters. The molecule has 0 fully saturated rings. The van der Waals surface area contributed by atoms with Gasteiger partial charge in [0.15, 0.2) is 0 Å². The van der Waals surface area contributed by atoms with Crippen molar-refractivity contribution in [2.24, 2.45) is 0 Å². The molecule has 17 heavy (non-hydrogen) atoms. The Kier molecular flexibility index (Phi) is 2.08. The lowest BCUT2D eigenvalue weighted by molar-refractivity contribution is 0.605. The van der Waals surface area contributed by atoms with Crippen LogP contribution >= 0.6 is 0 Å². The number of pyridine rings is 2. The summed E-state index contributed by atoms with van der Waals surface area (Å²) in [6.45, 7) is 4.02. The van der Waals surface area contributed by atoms with Crippen LogP contribution in [0.2, 0.25) is 0 Å². The van der Waals surface area contributed by atoms with Crippen LogP contribution in [0.4, 0.5) is 0 Å². The van der Waals surface area contributed by atoms with Gasteiger partial charge in [-0.15, -0.1) is 0 Å². The van der Waals surface area contributed by atoms with E-state index >= 15 is 0 Å². The molecule has 3 nitrogen and oxygen atoms in total. The van der Waals surface area contributed by atoms with Gasteiger partial charge in [-0.1, -0.05) is 19.9 Å². The fraction of sp³-hybridized carbons (Fsp3) is 0.214. The lowest BCUT2D eigenvalue weighted by Crippen LogP contribution is -2.19. The van der Waals surface area contributed by atoms with Gasteiger partial charge < -0.3 is 4.42 Å². The zero-order chi connectivity index (χ0) is 12.0. The Morgan fingerprint density at radius 2 is 2.06 bits per heavy atom. The zero-order valence-electron chi connectivity index (χ0n) is 9.81. The molecule has 3 rings (SSSR count). The summed E-state index contributed by atoms with van der Waals surface area (Å²) in [4.78, 5) is 12.4. The van der Waals surface area contributed by atoms with E-state index < -0.39 is 0 Å². The number of aromatic nitrogens is 1. The normalized spacial score (nSPS) is 11.7. The molecule has 0 radical (unpaired) electrons. The summed E-state index contributed by atoms with van der Waals surface area (Å²) in [6, 6.07) is 7.64. The summed E-state index contributed by atoms with van der Waals surface area (Å²) in [5.41, 5.74) is 2.37. The lowest BCUT2D eigenvalue weighted by Gasteiger charge is -2.08. The Morgan fingerprint density at radius 1 is 1.24 bits per heavy atom. The Hall–Kier alpha value is -2.03. The van der Waals surface area contributed by atoms with Crippen molar-refractivity contribution in [3.05, 3.63) is 52.6 Å². The maximum Gasteiger partial charge on any atom is 0.262 e. The molecule has 0 aliphatic rings. The van der Waals surface area contributed by atoms with E-state index in [1.54, 1.807) is 16.9 Å². The van der Waals surface area contributed by atoms with Crippen LogP contribution in [0.5, 0.6) is 0 Å². The standard InChI is InChI=1S/C14H13NO2/c1-9(2)12-13-10(6-8-17-13)11-5-3-4-7-15(11)14(12)16/h3-9H,1-2H3. The highest BCUT2D eigenvalue weighted by molar-refractivity contribution is 5.94. The number of rotatable bonds is 1. The Morgan fingerprint density at radius 3 is 2.82 bits per heavy atom. The fourth-order valence-electron chi connectivity index (χ4n) is 2.30. The van der Waals surface area contributed by atoms with Crippen LogP contribution in [-0.4, -0.2) is 4.40 Å². The first-order valence-electron chi connectivity index (χ1n) is 5.70. The molecule has 0 saturated heterocycles. The van der Waals surface area contributed by atoms with Crippen LogP contribution in [-0.2, 0) is 0 Å². The van der Waals surface area contributed by atoms with Gasteiger partial charge in [-0.3, -0.25) is 9.20 Å². The minimum Gasteiger partial charge on any atom is -0.464 e. The predicted molar refractivity (Wildman–Crippen MR) is 67.5 cm³/mol. The minimum atomic E-state index is 0.0121. The van der Waals surface area contributed by atoms with Gasteiger partial charge in [0, 0.05) is 11.6 Å². The fourth-order valence-corrected chi connectivity index (χ4v) is 2.30. The highest BCUT2D eigenvalue weighted by Gasteiger charge is 2.16. The predicted octanol–water partition coefficient (Wildman–Crippen LogP) is 3.17. The molecule has 3 heterocycles. The van der Waals surface area contributed by atoms with E-state index in [0.29, 0.717) is 0 Å². The van der Waals surface area contributed by atoms with Crippen LogP contribution in [0.3, 0.4) is 0 Å². The third-order valence-corrected chi connectivity index (χ3v) is 3.07. The van der Waals surface area contributed by atoms with Gasteiger partial charge in [0.05, 0.1) is 17.3 Å². The largest absolute Gasteiger partial charge is 0.464 e. The average molecular weight is 227 g/mol. The second-order valence-electron chi connectivity index (χ2n) is 4.49. The van der Waals surface area contributed by atoms with Crippen molar-refractivity contribution >= 4 is 16.5 Å². The summed E-state index contributed by atoms with van der Waals surface area (Å²) in [6.07, 6.45) is 3.44. The topological polar surface area (TPSA) is 34.6 Å². The smallest absolute Gasteiger partial charge is 0.262 e. The third kappa shape index (κ3) is 1.32. The Labute approximate surface area is 98.3 Å². The van der Waals surface area contributed by atoms with E-state index in [0.717, 1.165) is 22.0 Å². The summed E-state index contributed by atoms with van der Waals surface area (Å²) in [7, 11) is 0. The quantitative estimate of drug-likeness (QED) is 0.640. The summed E-state index contributed by atoms with van der Waals surface area (Å²) < 4.78 is 7.17. The van der Waals surface area contributed by atoms with Crippen LogP contribution in [0.1, 0.15) is 25.3 Å². The van der Waals surface area contributed by atoms with Crippen molar-refractivity contribution in [2.75, 3.05) is 0 Å². The second kappa shape index (κ2) is 3.48. The van der Waals surface area contributed by atoms with Gasteiger partial charge in [-0.25, -0.2) is 0 Å². The van der Waals surface area contributed by atoms with Crippen molar-refractivity contribution in [1.29, 1.82) is 0 Å². The first-order valence-corrected chi connectivity index (χ1v) is 5.70. The van der Waals surface area contributed by atoms with E-state index in [9.17, 15) is 4.79 Å². The van der Waals surface area contributed by atoms with Gasteiger partial charge in [0.25, 0.3) is 5.56 Å². The van der Waals surface area contributed by atoms with Crippen molar-refractivity contribution in [1.82, 2.24) is 4.40 Å². The number of hydrogen-bond donors (Lipinski definition) is 0.